The molecule has 156 valence electrons. The van der Waals surface area contributed by atoms with Crippen molar-refractivity contribution in [3.05, 3.63) is 101 Å². The highest BCUT2D eigenvalue weighted by Crippen LogP contribution is 2.32. The maximum Gasteiger partial charge on any atom is 0.379 e. The summed E-state index contributed by atoms with van der Waals surface area (Å²) in [7, 11) is 1.44. The Labute approximate surface area is 182 Å². The molecular formula is C26H16O6. The molecule has 0 aliphatic heterocycles. The fourth-order valence-electron chi connectivity index (χ4n) is 3.66. The average Bonchev–Trinajstić information content (AvgIpc) is 3.36. The van der Waals surface area contributed by atoms with Crippen LogP contribution in [0.3, 0.4) is 0 Å². The van der Waals surface area contributed by atoms with Gasteiger partial charge in [0.05, 0.1) is 12.7 Å². The lowest BCUT2D eigenvalue weighted by atomic mass is 10.1. The zero-order valence-corrected chi connectivity index (χ0v) is 17.0. The summed E-state index contributed by atoms with van der Waals surface area (Å²) in [6.45, 7) is 0. The Bertz CT molecular complexity index is 1370. The van der Waals surface area contributed by atoms with Crippen molar-refractivity contribution < 1.29 is 28.3 Å². The predicted octanol–water partition coefficient (Wildman–Crippen LogP) is 5.12. The third-order valence-electron chi connectivity index (χ3n) is 5.23. The summed E-state index contributed by atoms with van der Waals surface area (Å²) in [4.78, 5) is 37.8. The van der Waals surface area contributed by atoms with E-state index in [1.54, 1.807) is 54.6 Å². The van der Waals surface area contributed by atoms with Crippen LogP contribution in [0.4, 0.5) is 0 Å². The molecular weight excluding hydrogens is 408 g/mol. The van der Waals surface area contributed by atoms with E-state index in [4.69, 9.17) is 13.9 Å². The molecule has 0 unspecified atom stereocenters. The number of benzene rings is 3. The molecule has 1 heterocycles. The van der Waals surface area contributed by atoms with Gasteiger partial charge in [0.15, 0.2) is 23.1 Å². The molecule has 0 N–H and O–H groups in total. The van der Waals surface area contributed by atoms with Crippen LogP contribution < -0.4 is 9.47 Å². The number of ether oxygens (including phenoxy) is 2. The fraction of sp³-hybridized carbons (Fsp3) is 0.0385. The van der Waals surface area contributed by atoms with Crippen molar-refractivity contribution >= 4 is 34.6 Å². The number of hydrogen-bond donors (Lipinski definition) is 0. The van der Waals surface area contributed by atoms with Gasteiger partial charge >= 0.3 is 5.97 Å². The molecule has 6 nitrogen and oxygen atoms in total. The molecule has 32 heavy (non-hydrogen) atoms. The topological polar surface area (TPSA) is 82.8 Å². The Balaban J connectivity index is 1.42. The summed E-state index contributed by atoms with van der Waals surface area (Å²) in [6.07, 6.45) is 1.51. The van der Waals surface area contributed by atoms with E-state index in [1.807, 2.05) is 18.2 Å². The van der Waals surface area contributed by atoms with Crippen molar-refractivity contribution in [2.24, 2.45) is 0 Å². The van der Waals surface area contributed by atoms with Crippen LogP contribution >= 0.6 is 0 Å². The monoisotopic (exact) mass is 424 g/mol. The minimum atomic E-state index is -0.665. The number of Topliss-reactive ketones (excluding diaryl/α,β-unsaturated/α-hetero) is 2. The first kappa shape index (κ1) is 19.5. The lowest BCUT2D eigenvalue weighted by Crippen LogP contribution is -2.08. The minimum Gasteiger partial charge on any atom is -0.493 e. The van der Waals surface area contributed by atoms with Gasteiger partial charge in [-0.2, -0.15) is 0 Å². The Hall–Kier alpha value is -4.45. The van der Waals surface area contributed by atoms with Gasteiger partial charge in [-0.05, 0) is 35.9 Å². The first-order valence-electron chi connectivity index (χ1n) is 9.84. The molecule has 4 aromatic rings. The number of hydrogen-bond acceptors (Lipinski definition) is 6. The first-order valence-corrected chi connectivity index (χ1v) is 9.84. The average molecular weight is 424 g/mol. The number of furan rings is 1. The van der Waals surface area contributed by atoms with Crippen molar-refractivity contribution in [2.75, 3.05) is 7.11 Å². The molecule has 1 aliphatic carbocycles. The van der Waals surface area contributed by atoms with Gasteiger partial charge < -0.3 is 13.9 Å². The zero-order chi connectivity index (χ0) is 22.2. The number of ketones is 2. The third kappa shape index (κ3) is 3.28. The van der Waals surface area contributed by atoms with E-state index < -0.39 is 5.97 Å². The van der Waals surface area contributed by atoms with E-state index in [9.17, 15) is 14.4 Å². The Morgan fingerprint density at radius 2 is 1.53 bits per heavy atom. The number of esters is 1. The molecule has 0 saturated carbocycles. The Morgan fingerprint density at radius 3 is 2.22 bits per heavy atom. The van der Waals surface area contributed by atoms with Crippen molar-refractivity contribution in [2.45, 2.75) is 0 Å². The summed E-state index contributed by atoms with van der Waals surface area (Å²) in [6, 6.07) is 20.4. The number of carbonyl (C=O) groups excluding carboxylic acids is 3. The van der Waals surface area contributed by atoms with Crippen molar-refractivity contribution in [3.63, 3.8) is 0 Å². The highest BCUT2D eigenvalue weighted by Gasteiger charge is 2.32. The van der Waals surface area contributed by atoms with Crippen LogP contribution in [0.2, 0.25) is 0 Å². The van der Waals surface area contributed by atoms with Gasteiger partial charge in [-0.1, -0.05) is 48.5 Å². The van der Waals surface area contributed by atoms with Crippen molar-refractivity contribution in [1.29, 1.82) is 0 Å². The predicted molar refractivity (Wildman–Crippen MR) is 117 cm³/mol. The first-order chi connectivity index (χ1) is 15.5. The molecule has 0 spiro atoms. The molecule has 0 atom stereocenters. The second kappa shape index (κ2) is 7.67. The van der Waals surface area contributed by atoms with Crippen molar-refractivity contribution in [1.82, 2.24) is 0 Å². The highest BCUT2D eigenvalue weighted by atomic mass is 16.6. The second-order valence-corrected chi connectivity index (χ2v) is 7.21. The van der Waals surface area contributed by atoms with Gasteiger partial charge in [-0.15, -0.1) is 0 Å². The van der Waals surface area contributed by atoms with E-state index >= 15 is 0 Å². The number of fused-ring (bicyclic) bond motifs is 2. The SMILES string of the molecule is COc1cc(C=C2C(=O)c3ccccc3C2=O)ccc1OC(=O)c1cc2ccccc2o1. The van der Waals surface area contributed by atoms with Gasteiger partial charge in [-0.25, -0.2) is 4.79 Å². The van der Waals surface area contributed by atoms with Gasteiger partial charge in [0.2, 0.25) is 5.76 Å². The van der Waals surface area contributed by atoms with Crippen LogP contribution in [-0.4, -0.2) is 24.6 Å². The smallest absolute Gasteiger partial charge is 0.379 e. The van der Waals surface area contributed by atoms with E-state index in [0.717, 1.165) is 5.39 Å². The summed E-state index contributed by atoms with van der Waals surface area (Å²) in [5.74, 6) is -0.761. The molecule has 0 saturated heterocycles. The third-order valence-corrected chi connectivity index (χ3v) is 5.23. The largest absolute Gasteiger partial charge is 0.493 e. The van der Waals surface area contributed by atoms with Crippen molar-refractivity contribution in [3.8, 4) is 11.5 Å². The standard InChI is InChI=1S/C26H16O6/c1-30-22-13-15(12-19-24(27)17-7-3-4-8-18(17)25(19)28)10-11-21(22)32-26(29)23-14-16-6-2-5-9-20(16)31-23/h2-14H,1H3. The van der Waals surface area contributed by atoms with Gasteiger partial charge in [0, 0.05) is 16.5 Å². The number of rotatable bonds is 4. The highest BCUT2D eigenvalue weighted by molar-refractivity contribution is 6.41. The maximum atomic E-state index is 12.6. The number of methoxy groups -OCH3 is 1. The van der Waals surface area contributed by atoms with Crippen LogP contribution in [0.25, 0.3) is 17.0 Å². The molecule has 3 aromatic carbocycles. The van der Waals surface area contributed by atoms with E-state index in [-0.39, 0.29) is 34.4 Å². The van der Waals surface area contributed by atoms with E-state index in [1.165, 1.54) is 13.2 Å². The summed E-state index contributed by atoms with van der Waals surface area (Å²) in [5, 5.41) is 0.792. The summed E-state index contributed by atoms with van der Waals surface area (Å²) in [5.41, 5.74) is 2.02. The number of carbonyl (C=O) groups is 3. The van der Waals surface area contributed by atoms with Gasteiger partial charge in [0.25, 0.3) is 0 Å². The summed E-state index contributed by atoms with van der Waals surface area (Å²) >= 11 is 0. The van der Waals surface area contributed by atoms with Gasteiger partial charge in [0.1, 0.15) is 5.58 Å². The summed E-state index contributed by atoms with van der Waals surface area (Å²) < 4.78 is 16.4. The minimum absolute atomic E-state index is 0.0689. The Morgan fingerprint density at radius 1 is 0.844 bits per heavy atom. The molecule has 0 radical (unpaired) electrons. The maximum absolute atomic E-state index is 12.6. The molecule has 5 rings (SSSR count). The number of allylic oxidation sites excluding steroid dienone is 1. The van der Waals surface area contributed by atoms with Crippen LogP contribution in [0.1, 0.15) is 36.8 Å². The molecule has 0 bridgehead atoms. The van der Waals surface area contributed by atoms with E-state index in [2.05, 4.69) is 0 Å². The quantitative estimate of drug-likeness (QED) is 0.196. The molecule has 1 aromatic heterocycles. The van der Waals surface area contributed by atoms with Crippen LogP contribution in [-0.2, 0) is 0 Å². The fourth-order valence-corrected chi connectivity index (χ4v) is 3.66. The molecule has 6 heteroatoms. The van der Waals surface area contributed by atoms with E-state index in [0.29, 0.717) is 22.3 Å². The van der Waals surface area contributed by atoms with Crippen LogP contribution in [0.15, 0.2) is 82.8 Å². The molecule has 0 amide bonds. The normalized spacial score (nSPS) is 12.7. The van der Waals surface area contributed by atoms with Crippen LogP contribution in [0, 0.1) is 0 Å². The second-order valence-electron chi connectivity index (χ2n) is 7.21. The number of para-hydroxylation sites is 1. The van der Waals surface area contributed by atoms with Crippen LogP contribution in [0.5, 0.6) is 11.5 Å². The lowest BCUT2D eigenvalue weighted by Gasteiger charge is -2.09. The molecule has 1 aliphatic rings. The zero-order valence-electron chi connectivity index (χ0n) is 17.0. The Kier molecular flexibility index (Phi) is 4.67. The molecule has 0 fully saturated rings. The van der Waals surface area contributed by atoms with Gasteiger partial charge in [-0.3, -0.25) is 9.59 Å². The lowest BCUT2D eigenvalue weighted by molar-refractivity contribution is 0.0698.